The van der Waals surface area contributed by atoms with E-state index in [-0.39, 0.29) is 13.2 Å². The number of amides is 1. The van der Waals surface area contributed by atoms with Crippen LogP contribution in [0.1, 0.15) is 42.4 Å². The molecule has 11 heteroatoms. The third-order valence-corrected chi connectivity index (χ3v) is 7.17. The van der Waals surface area contributed by atoms with Crippen LogP contribution in [0.3, 0.4) is 0 Å². The summed E-state index contributed by atoms with van der Waals surface area (Å²) in [7, 11) is 0. The maximum absolute atomic E-state index is 12.7. The molecule has 0 bridgehead atoms. The fourth-order valence-electron chi connectivity index (χ4n) is 4.54. The number of rotatable bonds is 9. The van der Waals surface area contributed by atoms with Crippen LogP contribution < -0.4 is 20.8 Å². The Morgan fingerprint density at radius 3 is 2.67 bits per heavy atom. The van der Waals surface area contributed by atoms with Crippen molar-refractivity contribution in [1.29, 1.82) is 0 Å². The zero-order chi connectivity index (χ0) is 28.8. The van der Waals surface area contributed by atoms with Crippen molar-refractivity contribution >= 4 is 58.0 Å². The first-order valence-corrected chi connectivity index (χ1v) is 14.1. The third-order valence-electron chi connectivity index (χ3n) is 6.28. The molecule has 0 fully saturated rings. The summed E-state index contributed by atoms with van der Waals surface area (Å²) in [6.07, 6.45) is 1.62. The van der Waals surface area contributed by atoms with Gasteiger partial charge < -0.3 is 24.7 Å². The number of allylic oxidation sites excluding steroid dienone is 1. The summed E-state index contributed by atoms with van der Waals surface area (Å²) in [6, 6.07) is 16.8. The predicted molar refractivity (Wildman–Crippen MR) is 167 cm³/mol. The number of nitrogens with one attached hydrogen (secondary N) is 3. The van der Waals surface area contributed by atoms with Crippen LogP contribution in [-0.4, -0.2) is 41.0 Å². The number of benzene rings is 2. The zero-order valence-corrected chi connectivity index (χ0v) is 25.6. The molecule has 3 aromatic rings. The van der Waals surface area contributed by atoms with Gasteiger partial charge in [-0.05, 0) is 92.8 Å². The Labute approximate surface area is 252 Å². The van der Waals surface area contributed by atoms with Crippen LogP contribution in [0, 0.1) is 17.4 Å². The molecule has 4 rings (SSSR count). The zero-order valence-electron chi connectivity index (χ0n) is 22.6. The summed E-state index contributed by atoms with van der Waals surface area (Å²) >= 11 is 7.62. The molecule has 0 radical (unpaired) electrons. The lowest BCUT2D eigenvalue weighted by Crippen LogP contribution is -2.45. The molecule has 2 aromatic carbocycles. The Balaban J connectivity index is 1.44. The number of halogens is 1. The molecular weight excluding hydrogens is 641 g/mol. The minimum Gasteiger partial charge on any atom is -0.483 e. The number of ether oxygens (including phenoxy) is 2. The lowest BCUT2D eigenvalue weighted by molar-refractivity contribution is -0.139. The average molecular weight is 672 g/mol. The average Bonchev–Trinajstić information content (AvgIpc) is 3.19. The molecular formula is C29H30IN5O4S. The molecule has 2 heterocycles. The van der Waals surface area contributed by atoms with Crippen LogP contribution in [-0.2, 0) is 14.3 Å². The maximum Gasteiger partial charge on any atom is 0.338 e. The predicted octanol–water partition coefficient (Wildman–Crippen LogP) is 4.58. The van der Waals surface area contributed by atoms with Gasteiger partial charge in [-0.15, -0.1) is 0 Å². The second-order valence-corrected chi connectivity index (χ2v) is 10.7. The monoisotopic (exact) mass is 671 g/mol. The number of para-hydroxylation sites is 1. The number of esters is 1. The molecule has 1 aromatic heterocycles. The molecule has 1 amide bonds. The summed E-state index contributed by atoms with van der Waals surface area (Å²) in [5.74, 6) is -0.459. The number of hydrazone groups is 1. The Bertz CT molecular complexity index is 1510. The van der Waals surface area contributed by atoms with Crippen LogP contribution >= 0.6 is 34.8 Å². The summed E-state index contributed by atoms with van der Waals surface area (Å²) in [6.45, 7) is 7.51. The molecule has 3 N–H and O–H groups in total. The smallest absolute Gasteiger partial charge is 0.338 e. The molecule has 0 aliphatic carbocycles. The van der Waals surface area contributed by atoms with E-state index in [0.717, 1.165) is 26.2 Å². The van der Waals surface area contributed by atoms with Crippen molar-refractivity contribution in [2.75, 3.05) is 13.2 Å². The Morgan fingerprint density at radius 2 is 1.93 bits per heavy atom. The number of aryl methyl sites for hydroxylation is 1. The van der Waals surface area contributed by atoms with Crippen LogP contribution in [0.4, 0.5) is 0 Å². The standard InChI is InChI=1S/C29H30IN5O4S/c1-5-38-28(37)26-18(3)32-29(40)33-27(26)23-11-6-7-12-24(23)39-16-25(36)34-31-15-20-13-17(2)35(19(20)4)22-10-8-9-21(30)14-22/h6-15,27H,5,16H2,1-4H3,(H,34,36)(H2,32,33,40)/t27-/m0/s1. The Kier molecular flexibility index (Phi) is 9.58. The lowest BCUT2D eigenvalue weighted by atomic mass is 9.95. The van der Waals surface area contributed by atoms with E-state index in [4.69, 9.17) is 21.7 Å². The molecule has 1 aliphatic heterocycles. The normalized spacial score (nSPS) is 15.0. The lowest BCUT2D eigenvalue weighted by Gasteiger charge is -2.30. The second kappa shape index (κ2) is 13.1. The fraction of sp³-hybridized carbons (Fsp3) is 0.241. The van der Waals surface area contributed by atoms with Crippen molar-refractivity contribution in [3.8, 4) is 11.4 Å². The van der Waals surface area contributed by atoms with Crippen molar-refractivity contribution in [2.45, 2.75) is 33.7 Å². The topological polar surface area (TPSA) is 106 Å². The molecule has 9 nitrogen and oxygen atoms in total. The van der Waals surface area contributed by atoms with Crippen LogP contribution in [0.25, 0.3) is 5.69 Å². The highest BCUT2D eigenvalue weighted by molar-refractivity contribution is 14.1. The first-order chi connectivity index (χ1) is 19.2. The van der Waals surface area contributed by atoms with E-state index in [1.165, 1.54) is 0 Å². The van der Waals surface area contributed by atoms with E-state index in [0.29, 0.717) is 27.7 Å². The largest absolute Gasteiger partial charge is 0.483 e. The molecule has 40 heavy (non-hydrogen) atoms. The number of thiocarbonyl (C=S) groups is 1. The van der Waals surface area contributed by atoms with E-state index in [1.54, 1.807) is 32.2 Å². The molecule has 0 spiro atoms. The third kappa shape index (κ3) is 6.70. The van der Waals surface area contributed by atoms with E-state index in [1.807, 2.05) is 44.2 Å². The highest BCUT2D eigenvalue weighted by atomic mass is 127. The molecule has 0 saturated heterocycles. The highest BCUT2D eigenvalue weighted by Crippen LogP contribution is 2.33. The summed E-state index contributed by atoms with van der Waals surface area (Å²) in [4.78, 5) is 25.3. The SMILES string of the molecule is CCOC(=O)C1=C(C)NC(=S)N[C@H]1c1ccccc1OCC(=O)NN=Cc1cc(C)n(-c2cccc(I)c2)c1C. The van der Waals surface area contributed by atoms with Crippen molar-refractivity contribution in [2.24, 2.45) is 5.10 Å². The van der Waals surface area contributed by atoms with Gasteiger partial charge in [-0.1, -0.05) is 24.3 Å². The van der Waals surface area contributed by atoms with Crippen LogP contribution in [0.2, 0.25) is 0 Å². The number of nitrogens with zero attached hydrogens (tertiary/aromatic N) is 2. The van der Waals surface area contributed by atoms with Gasteiger partial charge in [-0.2, -0.15) is 5.10 Å². The number of aromatic nitrogens is 1. The molecule has 0 unspecified atom stereocenters. The molecule has 1 aliphatic rings. The minimum absolute atomic E-state index is 0.237. The van der Waals surface area contributed by atoms with Gasteiger partial charge in [-0.3, -0.25) is 4.79 Å². The fourth-order valence-corrected chi connectivity index (χ4v) is 5.33. The van der Waals surface area contributed by atoms with Gasteiger partial charge >= 0.3 is 5.97 Å². The summed E-state index contributed by atoms with van der Waals surface area (Å²) in [5, 5.41) is 10.6. The number of carbonyl (C=O) groups excluding carboxylic acids is 2. The van der Waals surface area contributed by atoms with Crippen molar-refractivity contribution < 1.29 is 19.1 Å². The van der Waals surface area contributed by atoms with Gasteiger partial charge in [0.1, 0.15) is 5.75 Å². The Hall–Kier alpha value is -3.71. The van der Waals surface area contributed by atoms with E-state index < -0.39 is 17.9 Å². The van der Waals surface area contributed by atoms with Crippen molar-refractivity contribution in [3.63, 3.8) is 0 Å². The van der Waals surface area contributed by atoms with Crippen LogP contribution in [0.15, 0.2) is 71.0 Å². The first kappa shape index (κ1) is 29.3. The minimum atomic E-state index is -0.603. The molecule has 1 atom stereocenters. The summed E-state index contributed by atoms with van der Waals surface area (Å²) in [5.41, 5.74) is 8.19. The maximum atomic E-state index is 12.7. The van der Waals surface area contributed by atoms with Crippen LogP contribution in [0.5, 0.6) is 5.75 Å². The number of hydrogen-bond acceptors (Lipinski definition) is 6. The van der Waals surface area contributed by atoms with Gasteiger partial charge in [0, 0.05) is 37.5 Å². The van der Waals surface area contributed by atoms with Crippen molar-refractivity contribution in [3.05, 3.63) is 92.0 Å². The van der Waals surface area contributed by atoms with E-state index in [2.05, 4.69) is 60.5 Å². The highest BCUT2D eigenvalue weighted by Gasteiger charge is 2.32. The molecule has 208 valence electrons. The van der Waals surface area contributed by atoms with E-state index in [9.17, 15) is 9.59 Å². The number of hydrogen-bond donors (Lipinski definition) is 3. The van der Waals surface area contributed by atoms with Gasteiger partial charge in [0.25, 0.3) is 5.91 Å². The first-order valence-electron chi connectivity index (χ1n) is 12.6. The summed E-state index contributed by atoms with van der Waals surface area (Å²) < 4.78 is 14.4. The quantitative estimate of drug-likeness (QED) is 0.101. The van der Waals surface area contributed by atoms with Gasteiger partial charge in [0.05, 0.1) is 24.4 Å². The van der Waals surface area contributed by atoms with Gasteiger partial charge in [0.15, 0.2) is 11.7 Å². The second-order valence-electron chi connectivity index (χ2n) is 9.05. The van der Waals surface area contributed by atoms with Crippen molar-refractivity contribution in [1.82, 2.24) is 20.6 Å². The Morgan fingerprint density at radius 1 is 1.15 bits per heavy atom. The van der Waals surface area contributed by atoms with Gasteiger partial charge in [-0.25, -0.2) is 10.2 Å². The molecule has 0 saturated carbocycles. The van der Waals surface area contributed by atoms with E-state index >= 15 is 0 Å². The van der Waals surface area contributed by atoms with Gasteiger partial charge in [0.2, 0.25) is 0 Å². The number of carbonyl (C=O) groups is 2.